The highest BCUT2D eigenvalue weighted by Gasteiger charge is 2.24. The van der Waals surface area contributed by atoms with Crippen molar-refractivity contribution in [2.24, 2.45) is 5.14 Å². The van der Waals surface area contributed by atoms with Crippen LogP contribution in [0.3, 0.4) is 0 Å². The molecule has 1 saturated heterocycles. The zero-order valence-corrected chi connectivity index (χ0v) is 16.6. The number of hydrogen-bond donors (Lipinski definition) is 2. The van der Waals surface area contributed by atoms with Crippen LogP contribution >= 0.6 is 11.3 Å². The molecule has 142 valence electrons. The van der Waals surface area contributed by atoms with Gasteiger partial charge in [-0.3, -0.25) is 14.1 Å². The molecule has 26 heavy (non-hydrogen) atoms. The lowest BCUT2D eigenvalue weighted by Gasteiger charge is -2.28. The predicted molar refractivity (Wildman–Crippen MR) is 107 cm³/mol. The first kappa shape index (κ1) is 20.7. The quantitative estimate of drug-likeness (QED) is 0.613. The normalized spacial score (nSPS) is 15.2. The van der Waals surface area contributed by atoms with Crippen molar-refractivity contribution in [2.75, 3.05) is 31.1 Å². The molecule has 3 N–H and O–H groups in total. The fourth-order valence-electron chi connectivity index (χ4n) is 2.98. The molecule has 0 saturated carbocycles. The number of Topliss-reactive ketones (excluding diaryl/α,β-unsaturated/α-hetero) is 1. The van der Waals surface area contributed by atoms with Gasteiger partial charge in [-0.1, -0.05) is 37.3 Å². The Morgan fingerprint density at radius 2 is 1.88 bits per heavy atom. The minimum atomic E-state index is -2.36. The number of rotatable bonds is 4. The molecule has 1 atom stereocenters. The van der Waals surface area contributed by atoms with Crippen molar-refractivity contribution in [1.29, 1.82) is 0 Å². The number of piperazine rings is 1. The van der Waals surface area contributed by atoms with Crippen LogP contribution in [-0.2, 0) is 11.3 Å². The van der Waals surface area contributed by atoms with Crippen LogP contribution in [0, 0.1) is 6.92 Å². The van der Waals surface area contributed by atoms with E-state index < -0.39 is 11.3 Å². The lowest BCUT2D eigenvalue weighted by Crippen LogP contribution is -2.43. The second-order valence-corrected chi connectivity index (χ2v) is 7.40. The Morgan fingerprint density at radius 3 is 2.42 bits per heavy atom. The molecular formula is C18H24N3O3S2-. The topological polar surface area (TPSA) is 98.5 Å². The summed E-state index contributed by atoms with van der Waals surface area (Å²) in [4.78, 5) is 15.8. The van der Waals surface area contributed by atoms with Gasteiger partial charge in [0.1, 0.15) is 0 Å². The first-order valence-electron chi connectivity index (χ1n) is 8.47. The van der Waals surface area contributed by atoms with E-state index in [-0.39, 0.29) is 5.78 Å². The smallest absolute Gasteiger partial charge is 0.173 e. The third-order valence-corrected chi connectivity index (χ3v) is 5.56. The van der Waals surface area contributed by atoms with Gasteiger partial charge in [0.2, 0.25) is 0 Å². The summed E-state index contributed by atoms with van der Waals surface area (Å²) in [6.07, 6.45) is 0.556. The van der Waals surface area contributed by atoms with E-state index in [1.165, 1.54) is 10.6 Å². The first-order valence-corrected chi connectivity index (χ1v) is 10.4. The summed E-state index contributed by atoms with van der Waals surface area (Å²) < 4.78 is 17.6. The summed E-state index contributed by atoms with van der Waals surface area (Å²) in [7, 11) is 0. The lowest BCUT2D eigenvalue weighted by molar-refractivity contribution is 0.0992. The van der Waals surface area contributed by atoms with Gasteiger partial charge in [0.05, 0.1) is 9.88 Å². The first-order chi connectivity index (χ1) is 12.5. The Kier molecular flexibility index (Phi) is 7.92. The number of nitrogens with one attached hydrogen (secondary N) is 1. The van der Waals surface area contributed by atoms with Crippen LogP contribution in [0.4, 0.5) is 5.00 Å². The second-order valence-electron chi connectivity index (χ2n) is 5.88. The van der Waals surface area contributed by atoms with E-state index in [1.807, 2.05) is 25.1 Å². The Morgan fingerprint density at radius 1 is 1.31 bits per heavy atom. The van der Waals surface area contributed by atoms with Crippen LogP contribution in [0.15, 0.2) is 30.3 Å². The van der Waals surface area contributed by atoms with Crippen molar-refractivity contribution < 1.29 is 13.6 Å². The van der Waals surface area contributed by atoms with Gasteiger partial charge in [-0.05, 0) is 18.1 Å². The Bertz CT molecular complexity index is 753. The van der Waals surface area contributed by atoms with E-state index in [2.05, 4.69) is 34.4 Å². The number of hydrogen-bond acceptors (Lipinski definition) is 6. The van der Waals surface area contributed by atoms with Crippen molar-refractivity contribution in [3.8, 4) is 11.1 Å². The van der Waals surface area contributed by atoms with Gasteiger partial charge in [0.25, 0.3) is 0 Å². The molecule has 1 aliphatic rings. The van der Waals surface area contributed by atoms with Gasteiger partial charge < -0.3 is 14.8 Å². The number of benzene rings is 1. The van der Waals surface area contributed by atoms with E-state index >= 15 is 0 Å². The van der Waals surface area contributed by atoms with Crippen molar-refractivity contribution in [1.82, 2.24) is 5.32 Å². The van der Waals surface area contributed by atoms with Crippen LogP contribution in [0.1, 0.15) is 28.6 Å². The summed E-state index contributed by atoms with van der Waals surface area (Å²) in [6.45, 7) is 8.13. The second kappa shape index (κ2) is 9.94. The maximum Gasteiger partial charge on any atom is 0.173 e. The Labute approximate surface area is 160 Å². The number of nitrogens with two attached hydrogens (primary N) is 1. The summed E-state index contributed by atoms with van der Waals surface area (Å²) in [5.74, 6) is 0.244. The molecule has 6 nitrogen and oxygen atoms in total. The van der Waals surface area contributed by atoms with Crippen molar-refractivity contribution in [3.63, 3.8) is 0 Å². The third kappa shape index (κ3) is 5.21. The highest BCUT2D eigenvalue weighted by Crippen LogP contribution is 2.42. The van der Waals surface area contributed by atoms with Crippen LogP contribution in [0.5, 0.6) is 0 Å². The molecule has 2 heterocycles. The molecular weight excluding hydrogens is 370 g/mol. The lowest BCUT2D eigenvalue weighted by atomic mass is 9.99. The molecule has 0 spiro atoms. The molecule has 1 unspecified atom stereocenters. The third-order valence-electron chi connectivity index (χ3n) is 4.16. The molecule has 0 aliphatic carbocycles. The highest BCUT2D eigenvalue weighted by molar-refractivity contribution is 7.76. The van der Waals surface area contributed by atoms with Gasteiger partial charge in [-0.15, -0.1) is 11.3 Å². The molecule has 2 aromatic rings. The van der Waals surface area contributed by atoms with E-state index in [1.54, 1.807) is 11.3 Å². The summed E-state index contributed by atoms with van der Waals surface area (Å²) >= 11 is -0.692. The summed E-state index contributed by atoms with van der Waals surface area (Å²) in [5.41, 5.74) is 3.52. The van der Waals surface area contributed by atoms with Crippen LogP contribution in [0.25, 0.3) is 11.1 Å². The Hall–Kier alpha value is -1.58. The van der Waals surface area contributed by atoms with Crippen LogP contribution < -0.4 is 15.4 Å². The maximum absolute atomic E-state index is 12.4. The highest BCUT2D eigenvalue weighted by atomic mass is 32.2. The van der Waals surface area contributed by atoms with E-state index in [0.29, 0.717) is 6.42 Å². The molecule has 0 bridgehead atoms. The zero-order chi connectivity index (χ0) is 19.1. The minimum absolute atomic E-state index is 0.244. The average Bonchev–Trinajstić information content (AvgIpc) is 2.99. The number of nitrogens with zero attached hydrogens (tertiary/aromatic N) is 1. The van der Waals surface area contributed by atoms with Gasteiger partial charge >= 0.3 is 0 Å². The van der Waals surface area contributed by atoms with Crippen molar-refractivity contribution >= 4 is 33.4 Å². The molecule has 3 rings (SSSR count). The molecule has 1 aliphatic heterocycles. The average molecular weight is 395 g/mol. The molecule has 0 amide bonds. The monoisotopic (exact) mass is 394 g/mol. The molecule has 8 heteroatoms. The van der Waals surface area contributed by atoms with E-state index in [4.69, 9.17) is 8.76 Å². The molecule has 1 fully saturated rings. The summed E-state index contributed by atoms with van der Waals surface area (Å²) in [5, 5.41) is 8.68. The van der Waals surface area contributed by atoms with Gasteiger partial charge in [-0.25, -0.2) is 0 Å². The SMILES string of the molecule is CCC(=O)c1sc(N2CCNCC2)c(C)c1-c1ccccc1.NS(=O)[O-]. The molecule has 0 radical (unpaired) electrons. The predicted octanol–water partition coefficient (Wildman–Crippen LogP) is 2.47. The largest absolute Gasteiger partial charge is 0.760 e. The maximum atomic E-state index is 12.4. The number of carbonyl (C=O) groups is 1. The van der Waals surface area contributed by atoms with Gasteiger partial charge in [0, 0.05) is 49.4 Å². The van der Waals surface area contributed by atoms with Crippen molar-refractivity contribution in [2.45, 2.75) is 20.3 Å². The number of ketones is 1. The van der Waals surface area contributed by atoms with Gasteiger partial charge in [-0.2, -0.15) is 0 Å². The van der Waals surface area contributed by atoms with Gasteiger partial charge in [0.15, 0.2) is 5.78 Å². The zero-order valence-electron chi connectivity index (χ0n) is 15.0. The minimum Gasteiger partial charge on any atom is -0.760 e. The Balaban J connectivity index is 0.000000552. The van der Waals surface area contributed by atoms with Crippen LogP contribution in [0.2, 0.25) is 0 Å². The fraction of sp³-hybridized carbons (Fsp3) is 0.389. The van der Waals surface area contributed by atoms with E-state index in [9.17, 15) is 4.79 Å². The van der Waals surface area contributed by atoms with Crippen LogP contribution in [-0.4, -0.2) is 40.7 Å². The number of thiophene rings is 1. The fourth-order valence-corrected chi connectivity index (χ4v) is 4.37. The number of carbonyl (C=O) groups excluding carboxylic acids is 1. The summed E-state index contributed by atoms with van der Waals surface area (Å²) in [6, 6.07) is 10.3. The number of anilines is 1. The van der Waals surface area contributed by atoms with Crippen molar-refractivity contribution in [3.05, 3.63) is 40.8 Å². The molecule has 1 aromatic carbocycles. The van der Waals surface area contributed by atoms with E-state index in [0.717, 1.165) is 42.2 Å². The standard InChI is InChI=1S/C18H22N2OS.H3NO2S/c1-3-15(21)17-16(14-7-5-4-6-8-14)13(2)18(22-17)20-11-9-19-10-12-20;1-4(2)3/h4-8,19H,3,9-12H2,1-2H3;1H2,(H,2,3)/p-1. The molecule has 1 aromatic heterocycles.